The summed E-state index contributed by atoms with van der Waals surface area (Å²) in [5.41, 5.74) is -0.725. The molecule has 0 bridgehead atoms. The number of allylic oxidation sites excluding steroid dienone is 1. The number of hydrogen-bond donors (Lipinski definition) is 3. The summed E-state index contributed by atoms with van der Waals surface area (Å²) >= 11 is 0. The quantitative estimate of drug-likeness (QED) is 0.286. The van der Waals surface area contributed by atoms with Gasteiger partial charge in [0.05, 0.1) is 28.4 Å². The van der Waals surface area contributed by atoms with Gasteiger partial charge in [-0.1, -0.05) is 55.0 Å². The minimum absolute atomic E-state index is 0.0514. The van der Waals surface area contributed by atoms with Gasteiger partial charge in [0, 0.05) is 17.4 Å². The van der Waals surface area contributed by atoms with E-state index in [1.54, 1.807) is 13.0 Å². The Labute approximate surface area is 327 Å². The number of amides is 4. The fourth-order valence-corrected chi connectivity index (χ4v) is 10.4. The summed E-state index contributed by atoms with van der Waals surface area (Å²) in [6.45, 7) is 3.52. The lowest BCUT2D eigenvalue weighted by Gasteiger charge is -2.38. The highest BCUT2D eigenvalue weighted by molar-refractivity contribution is 7.91. The van der Waals surface area contributed by atoms with Crippen LogP contribution in [-0.4, -0.2) is 82.2 Å². The van der Waals surface area contributed by atoms with Gasteiger partial charge in [0.25, 0.3) is 5.91 Å². The minimum Gasteiger partial charge on any atom is -0.483 e. The Kier molecular flexibility index (Phi) is 8.72. The van der Waals surface area contributed by atoms with Gasteiger partial charge < -0.3 is 25.0 Å². The van der Waals surface area contributed by atoms with Crippen molar-refractivity contribution < 1.29 is 37.1 Å². The lowest BCUT2D eigenvalue weighted by molar-refractivity contribution is -0.142. The molecule has 14 heteroatoms. The first kappa shape index (κ1) is 37.0. The molecule has 13 nitrogen and oxygen atoms in total. The van der Waals surface area contributed by atoms with E-state index < -0.39 is 73.3 Å². The molecular formula is C42H49N5O8S. The van der Waals surface area contributed by atoms with Crippen LogP contribution in [0.15, 0.2) is 36.4 Å². The lowest BCUT2D eigenvalue weighted by Crippen LogP contribution is -2.68. The van der Waals surface area contributed by atoms with Gasteiger partial charge in [-0.2, -0.15) is 0 Å². The molecule has 9 rings (SSSR count). The third kappa shape index (κ3) is 6.39. The maximum atomic E-state index is 14.9. The average molecular weight is 784 g/mol. The molecule has 4 fully saturated rings. The molecule has 1 aromatic heterocycles. The number of sulfonamides is 1. The SMILES string of the molecule is Cc1nc2ccccc2c2c1O[C@]1(CC2)C[C@H]2C(=O)N[C@]3(C(=O)NS(=O)(=O)C4(C)CC4)C#C[C@H]3/C=C\CCCCC[C@@H](NC(=O)OC3(C4CC4)CC3)C(=O)N2C1. The molecule has 0 unspecified atom stereocenters. The van der Waals surface area contributed by atoms with Gasteiger partial charge in [-0.15, -0.1) is 0 Å². The number of carbonyl (C=O) groups excluding carboxylic acids is 4. The highest BCUT2D eigenvalue weighted by atomic mass is 32.2. The monoisotopic (exact) mass is 783 g/mol. The molecule has 5 atom stereocenters. The van der Waals surface area contributed by atoms with E-state index in [-0.39, 0.29) is 13.0 Å². The van der Waals surface area contributed by atoms with Gasteiger partial charge in [-0.3, -0.25) is 14.4 Å². The van der Waals surface area contributed by atoms with E-state index in [4.69, 9.17) is 14.5 Å². The van der Waals surface area contributed by atoms with Crippen molar-refractivity contribution in [3.63, 3.8) is 0 Å². The number of nitrogens with one attached hydrogen (secondary N) is 3. The van der Waals surface area contributed by atoms with Gasteiger partial charge >= 0.3 is 6.09 Å². The molecule has 3 N–H and O–H groups in total. The number of carbonyl (C=O) groups is 4. The molecule has 3 saturated carbocycles. The van der Waals surface area contributed by atoms with Crippen molar-refractivity contribution in [3.8, 4) is 17.6 Å². The second-order valence-electron chi connectivity index (χ2n) is 17.4. The molecule has 0 radical (unpaired) electrons. The number of benzene rings is 1. The number of fused-ring (bicyclic) bond motifs is 5. The summed E-state index contributed by atoms with van der Waals surface area (Å²) in [6.07, 6.45) is 11.9. The largest absolute Gasteiger partial charge is 0.483 e. The van der Waals surface area contributed by atoms with Crippen molar-refractivity contribution in [2.75, 3.05) is 6.54 Å². The standard InChI is InChI=1S/C42H49N5O8S/c1-26-34-30(29-11-8-9-12-31(29)43-26)17-18-40(54-34)24-33-35(48)45-42(37(50)46-56(52,53)39(2)20-21-39)19-16-28(42)10-6-4-3-5-7-13-32(36(49)47(33)25-40)44-38(51)55-41(22-23-41)27-14-15-27/h6,8-12,27-28,32-33H,3-5,7,13-15,17-18,20-25H2,1-2H3,(H,44,51)(H,45,48)(H,46,50)/b10-6-/t28-,32-,33+,40-,42-/m1/s1. The van der Waals surface area contributed by atoms with Crippen LogP contribution >= 0.6 is 0 Å². The Hall–Kier alpha value is -4.64. The molecule has 7 aliphatic rings. The highest BCUT2D eigenvalue weighted by Gasteiger charge is 2.60. The number of para-hydroxylation sites is 1. The molecule has 1 aromatic carbocycles. The third-order valence-corrected chi connectivity index (χ3v) is 15.5. The fourth-order valence-electron chi connectivity index (χ4n) is 9.14. The Morgan fingerprint density at radius 1 is 1.05 bits per heavy atom. The van der Waals surface area contributed by atoms with Gasteiger partial charge in [0.1, 0.15) is 29.0 Å². The number of nitrogens with zero attached hydrogens (tertiary/aromatic N) is 2. The Morgan fingerprint density at radius 3 is 2.55 bits per heavy atom. The van der Waals surface area contributed by atoms with E-state index in [1.165, 1.54) is 4.90 Å². The summed E-state index contributed by atoms with van der Waals surface area (Å²) in [7, 11) is -4.06. The maximum absolute atomic E-state index is 14.9. The zero-order valence-electron chi connectivity index (χ0n) is 31.9. The fraction of sp³-hybridized carbons (Fsp3) is 0.595. The predicted molar refractivity (Wildman–Crippen MR) is 205 cm³/mol. The second kappa shape index (κ2) is 13.2. The Morgan fingerprint density at radius 2 is 1.84 bits per heavy atom. The van der Waals surface area contributed by atoms with Crippen molar-refractivity contribution in [2.45, 2.75) is 137 Å². The molecule has 56 heavy (non-hydrogen) atoms. The molecule has 1 spiro atoms. The van der Waals surface area contributed by atoms with Crippen molar-refractivity contribution in [1.82, 2.24) is 25.2 Å². The van der Waals surface area contributed by atoms with Crippen molar-refractivity contribution >= 4 is 44.7 Å². The zero-order chi connectivity index (χ0) is 39.1. The summed E-state index contributed by atoms with van der Waals surface area (Å²) in [4.78, 5) is 63.5. The van der Waals surface area contributed by atoms with E-state index in [9.17, 15) is 27.6 Å². The van der Waals surface area contributed by atoms with Crippen molar-refractivity contribution in [1.29, 1.82) is 0 Å². The van der Waals surface area contributed by atoms with Crippen molar-refractivity contribution in [2.24, 2.45) is 11.8 Å². The van der Waals surface area contributed by atoms with Crippen LogP contribution in [0.25, 0.3) is 10.9 Å². The Bertz CT molecular complexity index is 2230. The van der Waals surface area contributed by atoms with Gasteiger partial charge in [0.2, 0.25) is 21.8 Å². The number of alkyl carbamates (subject to hydrolysis) is 1. The van der Waals surface area contributed by atoms with Crippen LogP contribution in [0.2, 0.25) is 0 Å². The van der Waals surface area contributed by atoms with Crippen molar-refractivity contribution in [3.05, 3.63) is 47.7 Å². The normalized spacial score (nSPS) is 32.0. The van der Waals surface area contributed by atoms with Gasteiger partial charge in [-0.05, 0) is 96.5 Å². The molecule has 4 aliphatic carbocycles. The first-order chi connectivity index (χ1) is 26.8. The molecule has 4 heterocycles. The third-order valence-electron chi connectivity index (χ3n) is 13.3. The van der Waals surface area contributed by atoms with Gasteiger partial charge in [-0.25, -0.2) is 22.9 Å². The predicted octanol–water partition coefficient (Wildman–Crippen LogP) is 4.25. The van der Waals surface area contributed by atoms with Gasteiger partial charge in [0.15, 0.2) is 5.54 Å². The molecule has 4 amide bonds. The number of ether oxygens (including phenoxy) is 2. The lowest BCUT2D eigenvalue weighted by atomic mass is 9.75. The van der Waals surface area contributed by atoms with Crippen LogP contribution < -0.4 is 20.1 Å². The number of aromatic nitrogens is 1. The summed E-state index contributed by atoms with van der Waals surface area (Å²) in [5, 5.41) is 6.75. The zero-order valence-corrected chi connectivity index (χ0v) is 32.8. The smallest absolute Gasteiger partial charge is 0.408 e. The summed E-state index contributed by atoms with van der Waals surface area (Å²) in [5.74, 6) is 3.97. The van der Waals surface area contributed by atoms with Crippen LogP contribution in [0.1, 0.15) is 102 Å². The maximum Gasteiger partial charge on any atom is 0.408 e. The van der Waals surface area contributed by atoms with E-state index in [1.807, 2.05) is 37.3 Å². The highest BCUT2D eigenvalue weighted by Crippen LogP contribution is 2.56. The minimum atomic E-state index is -4.06. The number of hydrogen-bond acceptors (Lipinski definition) is 9. The van der Waals surface area contributed by atoms with E-state index in [0.717, 1.165) is 55.0 Å². The van der Waals surface area contributed by atoms with Crippen LogP contribution in [0.3, 0.4) is 0 Å². The van der Waals surface area contributed by atoms with E-state index in [2.05, 4.69) is 27.2 Å². The number of aryl methyl sites for hydroxylation is 2. The second-order valence-corrected chi connectivity index (χ2v) is 19.6. The molecule has 3 aliphatic heterocycles. The van der Waals surface area contributed by atoms with E-state index >= 15 is 0 Å². The number of pyridine rings is 1. The van der Waals surface area contributed by atoms with Crippen LogP contribution in [-0.2, 0) is 35.6 Å². The van der Waals surface area contributed by atoms with Crippen LogP contribution in [0.4, 0.5) is 4.79 Å². The van der Waals surface area contributed by atoms with Crippen LogP contribution in [0, 0.1) is 30.6 Å². The average Bonchev–Trinajstić information content (AvgIpc) is 4.06. The molecule has 296 valence electrons. The molecular weight excluding hydrogens is 735 g/mol. The first-order valence-electron chi connectivity index (χ1n) is 20.2. The molecule has 1 saturated heterocycles. The number of rotatable bonds is 6. The van der Waals surface area contributed by atoms with E-state index in [0.29, 0.717) is 62.3 Å². The topological polar surface area (TPSA) is 173 Å². The summed E-state index contributed by atoms with van der Waals surface area (Å²) in [6, 6.07) is 5.78. The summed E-state index contributed by atoms with van der Waals surface area (Å²) < 4.78 is 40.6. The molecule has 2 aromatic rings. The first-order valence-corrected chi connectivity index (χ1v) is 21.7. The Balaban J connectivity index is 1.05. The van der Waals surface area contributed by atoms with Crippen LogP contribution in [0.5, 0.6) is 5.75 Å².